The molecule has 1 N–H and O–H groups in total. The van der Waals surface area contributed by atoms with Gasteiger partial charge in [0, 0.05) is 5.56 Å². The van der Waals surface area contributed by atoms with Crippen molar-refractivity contribution < 1.29 is 14.3 Å². The summed E-state index contributed by atoms with van der Waals surface area (Å²) in [5.74, 6) is 0.956. The smallest absolute Gasteiger partial charge is 0.271 e. The normalized spacial score (nSPS) is 13.1. The van der Waals surface area contributed by atoms with Crippen LogP contribution in [0.25, 0.3) is 11.1 Å². The van der Waals surface area contributed by atoms with Gasteiger partial charge in [0.15, 0.2) is 11.5 Å². The molecule has 0 spiro atoms. The zero-order valence-corrected chi connectivity index (χ0v) is 16.2. The van der Waals surface area contributed by atoms with Gasteiger partial charge in [-0.25, -0.2) is 5.43 Å². The molecule has 0 atom stereocenters. The van der Waals surface area contributed by atoms with E-state index in [9.17, 15) is 4.79 Å². The number of benzene rings is 3. The Kier molecular flexibility index (Phi) is 5.56. The van der Waals surface area contributed by atoms with Gasteiger partial charge in [0.1, 0.15) is 13.2 Å². The van der Waals surface area contributed by atoms with Crippen LogP contribution in [0.4, 0.5) is 0 Å². The maximum Gasteiger partial charge on any atom is 0.271 e. The van der Waals surface area contributed by atoms with Crippen LogP contribution in [0.5, 0.6) is 11.5 Å². The average Bonchev–Trinajstić information content (AvgIpc) is 2.80. The highest BCUT2D eigenvalue weighted by Crippen LogP contribution is 2.30. The van der Waals surface area contributed by atoms with E-state index in [1.165, 1.54) is 5.56 Å². The summed E-state index contributed by atoms with van der Waals surface area (Å²) in [5, 5.41) is 4.35. The Bertz CT molecular complexity index is 1030. The van der Waals surface area contributed by atoms with Gasteiger partial charge < -0.3 is 9.47 Å². The molecule has 0 radical (unpaired) electrons. The predicted octanol–water partition coefficient (Wildman–Crippen LogP) is 4.67. The van der Waals surface area contributed by atoms with Crippen molar-refractivity contribution in [3.63, 3.8) is 0 Å². The molecule has 0 aliphatic carbocycles. The molecule has 146 valence electrons. The summed E-state index contributed by atoms with van der Waals surface area (Å²) >= 11 is 0. The van der Waals surface area contributed by atoms with Gasteiger partial charge in [-0.15, -0.1) is 0 Å². The fraction of sp³-hybridized carbons (Fsp3) is 0.167. The highest BCUT2D eigenvalue weighted by Gasteiger charge is 2.15. The highest BCUT2D eigenvalue weighted by molar-refractivity contribution is 6.02. The van der Waals surface area contributed by atoms with Crippen LogP contribution < -0.4 is 14.9 Å². The molecule has 0 fully saturated rings. The number of ether oxygens (including phenoxy) is 2. The first kappa shape index (κ1) is 18.7. The Hall–Kier alpha value is -3.60. The second kappa shape index (κ2) is 8.61. The summed E-state index contributed by atoms with van der Waals surface area (Å²) in [6, 6.07) is 23.5. The van der Waals surface area contributed by atoms with Gasteiger partial charge in [0.2, 0.25) is 0 Å². The van der Waals surface area contributed by atoms with Gasteiger partial charge in [0.25, 0.3) is 5.91 Å². The molecule has 0 bridgehead atoms. The molecule has 0 saturated heterocycles. The summed E-state index contributed by atoms with van der Waals surface area (Å²) in [6.07, 6.45) is 0.700. The minimum Gasteiger partial charge on any atom is -0.486 e. The standard InChI is InChI=1S/C24H22N2O3/c1-2-21(19-10-8-18(9-11-19)17-6-4-3-5-7-17)25-26-24(27)20-12-13-22-23(16-20)29-15-14-28-22/h3-13,16H,2,14-15H2,1H3,(H,26,27)/b25-21-. The number of hydrogen-bond donors (Lipinski definition) is 1. The quantitative estimate of drug-likeness (QED) is 0.512. The van der Waals surface area contributed by atoms with Crippen molar-refractivity contribution in [2.45, 2.75) is 13.3 Å². The molecule has 3 aromatic carbocycles. The summed E-state index contributed by atoms with van der Waals surface area (Å²) < 4.78 is 11.0. The number of carbonyl (C=O) groups excluding carboxylic acids is 1. The zero-order valence-electron chi connectivity index (χ0n) is 16.2. The SMILES string of the molecule is CC/C(=N/NC(=O)c1ccc2c(c1)OCCO2)c1ccc(-c2ccccc2)cc1. The largest absolute Gasteiger partial charge is 0.486 e. The van der Waals surface area contributed by atoms with Crippen LogP contribution in [-0.2, 0) is 0 Å². The van der Waals surface area contributed by atoms with Crippen molar-refractivity contribution in [2.75, 3.05) is 13.2 Å². The van der Waals surface area contributed by atoms with Crippen LogP contribution in [0.3, 0.4) is 0 Å². The van der Waals surface area contributed by atoms with E-state index in [0.29, 0.717) is 36.7 Å². The van der Waals surface area contributed by atoms with Gasteiger partial charge in [-0.1, -0.05) is 61.5 Å². The molecular formula is C24H22N2O3. The van der Waals surface area contributed by atoms with Gasteiger partial charge in [-0.05, 0) is 41.3 Å². The van der Waals surface area contributed by atoms with Crippen molar-refractivity contribution in [3.05, 3.63) is 83.9 Å². The lowest BCUT2D eigenvalue weighted by Crippen LogP contribution is -2.21. The molecule has 0 aromatic heterocycles. The first-order valence-electron chi connectivity index (χ1n) is 9.67. The topological polar surface area (TPSA) is 59.9 Å². The van der Waals surface area contributed by atoms with Gasteiger partial charge in [-0.2, -0.15) is 5.10 Å². The number of carbonyl (C=O) groups is 1. The Balaban J connectivity index is 1.48. The predicted molar refractivity (Wildman–Crippen MR) is 114 cm³/mol. The second-order valence-electron chi connectivity index (χ2n) is 6.65. The maximum atomic E-state index is 12.5. The molecule has 29 heavy (non-hydrogen) atoms. The van der Waals surface area contributed by atoms with E-state index in [1.807, 2.05) is 37.3 Å². The monoisotopic (exact) mass is 386 g/mol. The molecule has 5 heteroatoms. The number of rotatable bonds is 5. The third-order valence-corrected chi connectivity index (χ3v) is 4.76. The molecule has 0 saturated carbocycles. The number of amides is 1. The number of nitrogens with zero attached hydrogens (tertiary/aromatic N) is 1. The Labute approximate surface area is 170 Å². The average molecular weight is 386 g/mol. The summed E-state index contributed by atoms with van der Waals surface area (Å²) in [6.45, 7) is 3.01. The first-order chi connectivity index (χ1) is 14.2. The van der Waals surface area contributed by atoms with E-state index in [-0.39, 0.29) is 5.91 Å². The Morgan fingerprint density at radius 2 is 1.52 bits per heavy atom. The van der Waals surface area contributed by atoms with Crippen molar-refractivity contribution in [1.29, 1.82) is 0 Å². The summed E-state index contributed by atoms with van der Waals surface area (Å²) in [7, 11) is 0. The van der Waals surface area contributed by atoms with Crippen molar-refractivity contribution in [1.82, 2.24) is 5.43 Å². The number of nitrogens with one attached hydrogen (secondary N) is 1. The fourth-order valence-corrected chi connectivity index (χ4v) is 3.20. The van der Waals surface area contributed by atoms with E-state index < -0.39 is 0 Å². The Morgan fingerprint density at radius 3 is 2.24 bits per heavy atom. The first-order valence-corrected chi connectivity index (χ1v) is 9.67. The summed E-state index contributed by atoms with van der Waals surface area (Å²) in [5.41, 5.74) is 7.24. The van der Waals surface area contributed by atoms with E-state index in [0.717, 1.165) is 16.8 Å². The zero-order chi connectivity index (χ0) is 20.1. The minimum atomic E-state index is -0.283. The molecule has 4 rings (SSSR count). The van der Waals surface area contributed by atoms with Gasteiger partial charge in [0.05, 0.1) is 5.71 Å². The molecule has 3 aromatic rings. The van der Waals surface area contributed by atoms with Crippen LogP contribution in [0.15, 0.2) is 77.9 Å². The Morgan fingerprint density at radius 1 is 0.862 bits per heavy atom. The number of hydrogen-bond acceptors (Lipinski definition) is 4. The summed E-state index contributed by atoms with van der Waals surface area (Å²) in [4.78, 5) is 12.5. The lowest BCUT2D eigenvalue weighted by molar-refractivity contribution is 0.0953. The third kappa shape index (κ3) is 4.29. The highest BCUT2D eigenvalue weighted by atomic mass is 16.6. The van der Waals surface area contributed by atoms with Crippen LogP contribution in [0.1, 0.15) is 29.3 Å². The fourth-order valence-electron chi connectivity index (χ4n) is 3.20. The lowest BCUT2D eigenvalue weighted by Gasteiger charge is -2.18. The van der Waals surface area contributed by atoms with Crippen LogP contribution in [0, 0.1) is 0 Å². The second-order valence-corrected chi connectivity index (χ2v) is 6.65. The maximum absolute atomic E-state index is 12.5. The number of hydrazone groups is 1. The van der Waals surface area contributed by atoms with Crippen molar-refractivity contribution >= 4 is 11.6 Å². The van der Waals surface area contributed by atoms with E-state index in [2.05, 4.69) is 34.8 Å². The molecule has 1 amide bonds. The van der Waals surface area contributed by atoms with Crippen molar-refractivity contribution in [3.8, 4) is 22.6 Å². The van der Waals surface area contributed by atoms with E-state index in [1.54, 1.807) is 18.2 Å². The van der Waals surface area contributed by atoms with Crippen molar-refractivity contribution in [2.24, 2.45) is 5.10 Å². The van der Waals surface area contributed by atoms with Crippen LogP contribution in [0.2, 0.25) is 0 Å². The number of fused-ring (bicyclic) bond motifs is 1. The van der Waals surface area contributed by atoms with Gasteiger partial charge in [-0.3, -0.25) is 4.79 Å². The molecule has 1 heterocycles. The van der Waals surface area contributed by atoms with E-state index in [4.69, 9.17) is 9.47 Å². The minimum absolute atomic E-state index is 0.283. The van der Waals surface area contributed by atoms with Crippen LogP contribution in [-0.4, -0.2) is 24.8 Å². The van der Waals surface area contributed by atoms with E-state index >= 15 is 0 Å². The molecule has 1 aliphatic rings. The molecular weight excluding hydrogens is 364 g/mol. The third-order valence-electron chi connectivity index (χ3n) is 4.76. The molecule has 5 nitrogen and oxygen atoms in total. The molecule has 1 aliphatic heterocycles. The van der Waals surface area contributed by atoms with Crippen LogP contribution >= 0.6 is 0 Å². The molecule has 0 unspecified atom stereocenters. The lowest BCUT2D eigenvalue weighted by atomic mass is 10.0. The van der Waals surface area contributed by atoms with Gasteiger partial charge >= 0.3 is 0 Å².